The van der Waals surface area contributed by atoms with Crippen LogP contribution in [0.4, 0.5) is 0 Å². The molecule has 0 radical (unpaired) electrons. The lowest BCUT2D eigenvalue weighted by Gasteiger charge is -2.11. The van der Waals surface area contributed by atoms with Crippen molar-refractivity contribution in [3.8, 4) is 11.5 Å². The highest BCUT2D eigenvalue weighted by Gasteiger charge is 2.38. The number of thiazole rings is 1. The first kappa shape index (κ1) is 18.8. The first-order chi connectivity index (χ1) is 15.7. The second-order valence-corrected chi connectivity index (χ2v) is 8.61. The van der Waals surface area contributed by atoms with Gasteiger partial charge in [0.05, 0.1) is 17.3 Å². The lowest BCUT2D eigenvalue weighted by Crippen LogP contribution is -2.35. The number of ether oxygens (including phenoxy) is 1. The topological polar surface area (TPSA) is 80.6 Å². The molecule has 0 saturated carbocycles. The minimum Gasteiger partial charge on any atom is -0.506 e. The maximum Gasteiger partial charge on any atom is 0.384 e. The summed E-state index contributed by atoms with van der Waals surface area (Å²) in [5.74, 6) is 0.664. The van der Waals surface area contributed by atoms with E-state index in [9.17, 15) is 9.90 Å². The molecule has 1 unspecified atom stereocenters. The third-order valence-electron chi connectivity index (χ3n) is 5.80. The fourth-order valence-electron chi connectivity index (χ4n) is 4.34. The van der Waals surface area contributed by atoms with Crippen LogP contribution in [0.1, 0.15) is 17.2 Å². The van der Waals surface area contributed by atoms with Crippen molar-refractivity contribution < 1.29 is 14.1 Å². The van der Waals surface area contributed by atoms with Crippen LogP contribution in [0.5, 0.6) is 11.5 Å². The van der Waals surface area contributed by atoms with Gasteiger partial charge in [-0.3, -0.25) is 4.79 Å². The Morgan fingerprint density at radius 1 is 1.06 bits per heavy atom. The molecule has 0 saturated heterocycles. The first-order valence-corrected chi connectivity index (χ1v) is 11.0. The number of fused-ring (bicyclic) bond motifs is 4. The highest BCUT2D eigenvalue weighted by Crippen LogP contribution is 2.36. The van der Waals surface area contributed by atoms with Gasteiger partial charge < -0.3 is 14.8 Å². The number of pyridine rings is 1. The van der Waals surface area contributed by atoms with E-state index in [1.807, 2.05) is 64.9 Å². The molecule has 6 nitrogen and oxygen atoms in total. The van der Waals surface area contributed by atoms with Crippen molar-refractivity contribution in [2.45, 2.75) is 6.04 Å². The number of aromatic hydroxyl groups is 1. The van der Waals surface area contributed by atoms with Crippen LogP contribution in [0.2, 0.25) is 0 Å². The number of methoxy groups -OCH3 is 1. The number of H-pyrrole nitrogens is 1. The van der Waals surface area contributed by atoms with Crippen LogP contribution in [-0.2, 0) is 0 Å². The molecule has 5 aromatic rings. The Labute approximate surface area is 186 Å². The predicted octanol–water partition coefficient (Wildman–Crippen LogP) is 3.55. The van der Waals surface area contributed by atoms with E-state index in [2.05, 4.69) is 4.98 Å². The van der Waals surface area contributed by atoms with E-state index in [-0.39, 0.29) is 16.9 Å². The van der Waals surface area contributed by atoms with E-state index < -0.39 is 6.04 Å². The molecule has 6 rings (SSSR count). The second-order valence-electron chi connectivity index (χ2n) is 7.60. The average Bonchev–Trinajstić information content (AvgIpc) is 3.36. The van der Waals surface area contributed by atoms with Crippen molar-refractivity contribution in [3.05, 3.63) is 105 Å². The number of rotatable bonds is 3. The summed E-state index contributed by atoms with van der Waals surface area (Å²) in [5, 5.41) is 11.9. The Balaban J connectivity index is 1.76. The maximum atomic E-state index is 13.3. The van der Waals surface area contributed by atoms with Gasteiger partial charge in [0.15, 0.2) is 11.2 Å². The summed E-state index contributed by atoms with van der Waals surface area (Å²) in [6, 6.07) is 22.4. The standard InChI is InChI=1S/C25H17N3O3S/c1-31-15-8-6-7-14(13-15)21-22(28-18-11-4-5-12-19(18)32-25(28)27-21)20-23(29)16-9-2-3-10-17(16)26-24(20)30/h2-13,21H,1H3,(H,26,29,30)/p+1. The number of aromatic amines is 1. The van der Waals surface area contributed by atoms with Gasteiger partial charge in [-0.25, -0.2) is 0 Å². The minimum absolute atomic E-state index is 0.0434. The smallest absolute Gasteiger partial charge is 0.384 e. The van der Waals surface area contributed by atoms with E-state index >= 15 is 0 Å². The molecule has 0 amide bonds. The quantitative estimate of drug-likeness (QED) is 0.421. The van der Waals surface area contributed by atoms with Crippen LogP contribution in [0.15, 0.2) is 82.6 Å². The molecule has 0 spiro atoms. The molecule has 0 aliphatic carbocycles. The molecular formula is C25H18N3O3S+. The lowest BCUT2D eigenvalue weighted by molar-refractivity contribution is -0.498. The zero-order valence-corrected chi connectivity index (χ0v) is 17.9. The number of benzene rings is 3. The molecule has 2 N–H and O–H groups in total. The summed E-state index contributed by atoms with van der Waals surface area (Å²) in [5.41, 5.74) is 2.93. The first-order valence-electron chi connectivity index (χ1n) is 10.2. The number of nitrogens with one attached hydrogen (secondary N) is 1. The van der Waals surface area contributed by atoms with Gasteiger partial charge in [0.2, 0.25) is 6.04 Å². The normalized spacial score (nSPS) is 15.2. The van der Waals surface area contributed by atoms with Crippen molar-refractivity contribution in [1.29, 1.82) is 0 Å². The number of hydrogen-bond donors (Lipinski definition) is 2. The molecule has 0 fully saturated rings. The Kier molecular flexibility index (Phi) is 4.13. The van der Waals surface area contributed by atoms with Crippen LogP contribution < -0.4 is 19.3 Å². The van der Waals surface area contributed by atoms with Gasteiger partial charge in [0.25, 0.3) is 5.56 Å². The third-order valence-corrected chi connectivity index (χ3v) is 6.83. The van der Waals surface area contributed by atoms with Crippen LogP contribution in [0, 0.1) is 5.71 Å². The van der Waals surface area contributed by atoms with E-state index in [0.29, 0.717) is 22.4 Å². The molecule has 3 aromatic carbocycles. The van der Waals surface area contributed by atoms with E-state index in [0.717, 1.165) is 20.6 Å². The van der Waals surface area contributed by atoms with Gasteiger partial charge in [0, 0.05) is 10.9 Å². The number of aromatic nitrogens is 2. The van der Waals surface area contributed by atoms with Gasteiger partial charge in [-0.05, 0) is 47.7 Å². The van der Waals surface area contributed by atoms with Crippen molar-refractivity contribution in [2.75, 3.05) is 7.11 Å². The molecule has 7 heteroatoms. The average molecular weight is 441 g/mol. The summed E-state index contributed by atoms with van der Waals surface area (Å²) in [6.45, 7) is 0. The third kappa shape index (κ3) is 2.68. The monoisotopic (exact) mass is 440 g/mol. The van der Waals surface area contributed by atoms with E-state index in [1.54, 1.807) is 30.6 Å². The summed E-state index contributed by atoms with van der Waals surface area (Å²) in [4.78, 5) is 22.0. The van der Waals surface area contributed by atoms with E-state index in [4.69, 9.17) is 9.73 Å². The number of hydrogen-bond acceptors (Lipinski definition) is 5. The predicted molar refractivity (Wildman–Crippen MR) is 123 cm³/mol. The molecular weight excluding hydrogens is 422 g/mol. The zero-order valence-electron chi connectivity index (χ0n) is 17.1. The summed E-state index contributed by atoms with van der Waals surface area (Å²) in [6.07, 6.45) is 0. The fraction of sp³-hybridized carbons (Fsp3) is 0.0800. The lowest BCUT2D eigenvalue weighted by atomic mass is 9.96. The van der Waals surface area contributed by atoms with Gasteiger partial charge in [-0.2, -0.15) is 4.24 Å². The van der Waals surface area contributed by atoms with Gasteiger partial charge >= 0.3 is 4.80 Å². The highest BCUT2D eigenvalue weighted by atomic mass is 32.1. The van der Waals surface area contributed by atoms with Gasteiger partial charge in [-0.1, -0.05) is 41.4 Å². The van der Waals surface area contributed by atoms with Crippen LogP contribution >= 0.6 is 11.3 Å². The SMILES string of the molecule is COc1cccc(C2N=c3sc4ccccc4[n+]3=C2c2c(O)c3ccccc3[nH]c2=O)c1. The Morgan fingerprint density at radius 3 is 2.75 bits per heavy atom. The summed E-state index contributed by atoms with van der Waals surface area (Å²) < 4.78 is 8.47. The zero-order chi connectivity index (χ0) is 21.8. The van der Waals surface area contributed by atoms with Crippen molar-refractivity contribution >= 4 is 32.5 Å². The molecule has 0 bridgehead atoms. The fourth-order valence-corrected chi connectivity index (χ4v) is 5.40. The minimum atomic E-state index is -0.464. The molecule has 2 aromatic heterocycles. The van der Waals surface area contributed by atoms with Gasteiger partial charge in [0.1, 0.15) is 17.1 Å². The van der Waals surface area contributed by atoms with Crippen molar-refractivity contribution in [3.63, 3.8) is 0 Å². The van der Waals surface area contributed by atoms with Crippen LogP contribution in [0.3, 0.4) is 0 Å². The largest absolute Gasteiger partial charge is 0.506 e. The Bertz CT molecular complexity index is 1720. The Hall–Kier alpha value is -3.97. The molecule has 1 aliphatic rings. The van der Waals surface area contributed by atoms with Crippen LogP contribution in [-0.4, -0.2) is 17.2 Å². The van der Waals surface area contributed by atoms with Crippen molar-refractivity contribution in [2.24, 2.45) is 4.99 Å². The molecule has 3 heterocycles. The molecule has 32 heavy (non-hydrogen) atoms. The second kappa shape index (κ2) is 7.03. The molecule has 1 aliphatic heterocycles. The Morgan fingerprint density at radius 2 is 1.88 bits per heavy atom. The van der Waals surface area contributed by atoms with Crippen LogP contribution in [0.25, 0.3) is 21.1 Å². The summed E-state index contributed by atoms with van der Waals surface area (Å²) in [7, 11) is 1.62. The van der Waals surface area contributed by atoms with Gasteiger partial charge in [-0.15, -0.1) is 0 Å². The van der Waals surface area contributed by atoms with E-state index in [1.165, 1.54) is 0 Å². The maximum absolute atomic E-state index is 13.3. The van der Waals surface area contributed by atoms with Crippen molar-refractivity contribution in [1.82, 2.24) is 4.98 Å². The summed E-state index contributed by atoms with van der Waals surface area (Å²) >= 11 is 1.56. The molecule has 1 atom stereocenters. The number of para-hydroxylation sites is 2. The highest BCUT2D eigenvalue weighted by molar-refractivity contribution is 7.15. The number of nitrogens with zero attached hydrogens (tertiary/aromatic N) is 2. The molecule has 156 valence electrons.